The van der Waals surface area contributed by atoms with Crippen molar-refractivity contribution < 1.29 is 0 Å². The van der Waals surface area contributed by atoms with Gasteiger partial charge in [0.25, 0.3) is 0 Å². The van der Waals surface area contributed by atoms with E-state index in [1.807, 2.05) is 13.1 Å². The summed E-state index contributed by atoms with van der Waals surface area (Å²) in [5.74, 6) is 1.01. The molecule has 0 spiro atoms. The number of rotatable bonds is 6. The van der Waals surface area contributed by atoms with Crippen LogP contribution in [0.15, 0.2) is 24.4 Å². The summed E-state index contributed by atoms with van der Waals surface area (Å²) < 4.78 is 0. The van der Waals surface area contributed by atoms with Crippen LogP contribution in [0.3, 0.4) is 0 Å². The van der Waals surface area contributed by atoms with Crippen LogP contribution in [-0.2, 0) is 0 Å². The van der Waals surface area contributed by atoms with E-state index in [1.165, 1.54) is 25.7 Å². The normalized spacial score (nSPS) is 15.9. The molecule has 3 heteroatoms. The van der Waals surface area contributed by atoms with Crippen molar-refractivity contribution in [2.24, 2.45) is 5.92 Å². The molecule has 0 amide bonds. The lowest BCUT2D eigenvalue weighted by Gasteiger charge is -2.10. The molecule has 0 saturated heterocycles. The van der Waals surface area contributed by atoms with Crippen LogP contribution in [0.2, 0.25) is 0 Å². The second-order valence-corrected chi connectivity index (χ2v) is 4.38. The average molecular weight is 224 g/mol. The number of thiocarbonyl (C=S) groups is 1. The fourth-order valence-corrected chi connectivity index (χ4v) is 1.66. The van der Waals surface area contributed by atoms with Crippen molar-refractivity contribution in [3.63, 3.8) is 0 Å². The van der Waals surface area contributed by atoms with Crippen molar-refractivity contribution in [2.45, 2.75) is 32.1 Å². The fourth-order valence-electron chi connectivity index (χ4n) is 1.53. The largest absolute Gasteiger partial charge is 0.366 e. The van der Waals surface area contributed by atoms with Crippen LogP contribution in [0, 0.1) is 5.92 Å². The average Bonchev–Trinajstić information content (AvgIpc) is 3.02. The second kappa shape index (κ2) is 6.62. The topological polar surface area (TPSA) is 24.1 Å². The minimum Gasteiger partial charge on any atom is -0.366 e. The highest BCUT2D eigenvalue weighted by Gasteiger charge is 2.20. The van der Waals surface area contributed by atoms with Gasteiger partial charge in [0.15, 0.2) is 5.11 Å². The van der Waals surface area contributed by atoms with Gasteiger partial charge in [0, 0.05) is 12.7 Å². The first-order valence-corrected chi connectivity index (χ1v) is 5.97. The zero-order chi connectivity index (χ0) is 11.1. The molecule has 1 fully saturated rings. The SMILES string of the molecule is C=C/C=C(/CCCC1CC1)NC(=S)NC. The predicted molar refractivity (Wildman–Crippen MR) is 69.6 cm³/mol. The van der Waals surface area contributed by atoms with E-state index in [2.05, 4.69) is 17.2 Å². The van der Waals surface area contributed by atoms with Crippen LogP contribution in [0.5, 0.6) is 0 Å². The van der Waals surface area contributed by atoms with E-state index in [1.54, 1.807) is 6.08 Å². The van der Waals surface area contributed by atoms with Gasteiger partial charge in [-0.1, -0.05) is 31.9 Å². The molecule has 1 saturated carbocycles. The highest BCUT2D eigenvalue weighted by Crippen LogP contribution is 2.34. The Bertz CT molecular complexity index is 254. The monoisotopic (exact) mass is 224 g/mol. The number of hydrogen-bond acceptors (Lipinski definition) is 1. The summed E-state index contributed by atoms with van der Waals surface area (Å²) in [6, 6.07) is 0. The Morgan fingerprint density at radius 1 is 1.53 bits per heavy atom. The molecule has 0 bridgehead atoms. The van der Waals surface area contributed by atoms with Gasteiger partial charge in [-0.15, -0.1) is 0 Å². The molecule has 1 aliphatic rings. The highest BCUT2D eigenvalue weighted by atomic mass is 32.1. The molecule has 15 heavy (non-hydrogen) atoms. The molecule has 0 heterocycles. The maximum Gasteiger partial charge on any atom is 0.170 e. The third-order valence-corrected chi connectivity index (χ3v) is 2.88. The third-order valence-electron chi connectivity index (χ3n) is 2.58. The van der Waals surface area contributed by atoms with Crippen molar-refractivity contribution in [1.29, 1.82) is 0 Å². The Labute approximate surface area is 97.8 Å². The van der Waals surface area contributed by atoms with Gasteiger partial charge >= 0.3 is 0 Å². The summed E-state index contributed by atoms with van der Waals surface area (Å²) in [6.07, 6.45) is 10.3. The zero-order valence-corrected chi connectivity index (χ0v) is 10.2. The molecule has 0 atom stereocenters. The molecule has 0 aromatic rings. The second-order valence-electron chi connectivity index (χ2n) is 3.97. The van der Waals surface area contributed by atoms with Gasteiger partial charge in [-0.05, 0) is 37.1 Å². The van der Waals surface area contributed by atoms with E-state index < -0.39 is 0 Å². The predicted octanol–water partition coefficient (Wildman–Crippen LogP) is 2.73. The van der Waals surface area contributed by atoms with E-state index in [-0.39, 0.29) is 0 Å². The van der Waals surface area contributed by atoms with E-state index in [0.717, 1.165) is 18.0 Å². The lowest BCUT2D eigenvalue weighted by atomic mass is 10.1. The van der Waals surface area contributed by atoms with Gasteiger partial charge in [0.2, 0.25) is 0 Å². The Hall–Kier alpha value is -0.830. The van der Waals surface area contributed by atoms with Crippen LogP contribution >= 0.6 is 12.2 Å². The van der Waals surface area contributed by atoms with Crippen molar-refractivity contribution in [1.82, 2.24) is 10.6 Å². The van der Waals surface area contributed by atoms with Gasteiger partial charge in [0.05, 0.1) is 0 Å². The number of nitrogens with one attached hydrogen (secondary N) is 2. The minimum atomic E-state index is 0.675. The molecule has 2 N–H and O–H groups in total. The Balaban J connectivity index is 2.25. The summed E-state index contributed by atoms with van der Waals surface area (Å²) in [7, 11) is 1.82. The highest BCUT2D eigenvalue weighted by molar-refractivity contribution is 7.80. The van der Waals surface area contributed by atoms with Crippen molar-refractivity contribution in [2.75, 3.05) is 7.05 Å². The first-order valence-electron chi connectivity index (χ1n) is 5.56. The lowest BCUT2D eigenvalue weighted by molar-refractivity contribution is 0.654. The molecule has 0 aliphatic heterocycles. The smallest absolute Gasteiger partial charge is 0.170 e. The summed E-state index contributed by atoms with van der Waals surface area (Å²) in [4.78, 5) is 0. The van der Waals surface area contributed by atoms with E-state index in [4.69, 9.17) is 12.2 Å². The molecule has 1 aliphatic carbocycles. The quantitative estimate of drug-likeness (QED) is 0.536. The zero-order valence-electron chi connectivity index (χ0n) is 9.38. The van der Waals surface area contributed by atoms with E-state index in [0.29, 0.717) is 5.11 Å². The van der Waals surface area contributed by atoms with Crippen LogP contribution in [0.25, 0.3) is 0 Å². The maximum atomic E-state index is 5.06. The van der Waals surface area contributed by atoms with Crippen LogP contribution in [0.1, 0.15) is 32.1 Å². The van der Waals surface area contributed by atoms with Crippen molar-refractivity contribution in [3.8, 4) is 0 Å². The van der Waals surface area contributed by atoms with Gasteiger partial charge in [-0.3, -0.25) is 0 Å². The molecule has 0 radical (unpaired) electrons. The molecular weight excluding hydrogens is 204 g/mol. The van der Waals surface area contributed by atoms with Crippen LogP contribution in [0.4, 0.5) is 0 Å². The van der Waals surface area contributed by atoms with E-state index >= 15 is 0 Å². The number of allylic oxidation sites excluding steroid dienone is 3. The Morgan fingerprint density at radius 3 is 2.80 bits per heavy atom. The van der Waals surface area contributed by atoms with E-state index in [9.17, 15) is 0 Å². The molecular formula is C12H20N2S. The molecule has 2 nitrogen and oxygen atoms in total. The minimum absolute atomic E-state index is 0.675. The summed E-state index contributed by atoms with van der Waals surface area (Å²) >= 11 is 5.06. The van der Waals surface area contributed by atoms with Crippen molar-refractivity contribution >= 4 is 17.3 Å². The standard InChI is InChI=1S/C12H20N2S/c1-3-5-11(14-12(15)13-2)7-4-6-10-8-9-10/h3,5,10H,1,4,6-9H2,2H3,(H2,13,14,15)/b11-5-. The summed E-state index contributed by atoms with van der Waals surface area (Å²) in [5.41, 5.74) is 1.16. The first kappa shape index (κ1) is 12.2. The summed E-state index contributed by atoms with van der Waals surface area (Å²) in [5, 5.41) is 6.76. The molecule has 0 aromatic carbocycles. The van der Waals surface area contributed by atoms with Crippen molar-refractivity contribution in [3.05, 3.63) is 24.4 Å². The Morgan fingerprint density at radius 2 is 2.27 bits per heavy atom. The lowest BCUT2D eigenvalue weighted by Crippen LogP contribution is -2.31. The molecule has 0 unspecified atom stereocenters. The Kier molecular flexibility index (Phi) is 5.40. The van der Waals surface area contributed by atoms with Gasteiger partial charge in [0.1, 0.15) is 0 Å². The maximum absolute atomic E-state index is 5.06. The van der Waals surface area contributed by atoms with Crippen LogP contribution in [-0.4, -0.2) is 12.2 Å². The number of hydrogen-bond donors (Lipinski definition) is 2. The fraction of sp³-hybridized carbons (Fsp3) is 0.583. The first-order chi connectivity index (χ1) is 7.26. The van der Waals surface area contributed by atoms with Crippen LogP contribution < -0.4 is 10.6 Å². The molecule has 1 rings (SSSR count). The third kappa shape index (κ3) is 5.57. The molecule has 84 valence electrons. The van der Waals surface area contributed by atoms with Gasteiger partial charge in [-0.2, -0.15) is 0 Å². The van der Waals surface area contributed by atoms with Gasteiger partial charge < -0.3 is 10.6 Å². The summed E-state index contributed by atoms with van der Waals surface area (Å²) in [6.45, 7) is 3.71. The molecule has 0 aromatic heterocycles. The van der Waals surface area contributed by atoms with Gasteiger partial charge in [-0.25, -0.2) is 0 Å².